The summed E-state index contributed by atoms with van der Waals surface area (Å²) in [7, 11) is 0. The van der Waals surface area contributed by atoms with E-state index < -0.39 is 11.6 Å². The molecular formula is C23H30N4O2. The third-order valence-corrected chi connectivity index (χ3v) is 5.67. The largest absolute Gasteiger partial charge is 0.347 e. The van der Waals surface area contributed by atoms with Gasteiger partial charge in [-0.25, -0.2) is 0 Å². The number of benzene rings is 1. The van der Waals surface area contributed by atoms with E-state index in [4.69, 9.17) is 5.73 Å². The molecule has 29 heavy (non-hydrogen) atoms. The Morgan fingerprint density at radius 2 is 1.79 bits per heavy atom. The van der Waals surface area contributed by atoms with E-state index in [-0.39, 0.29) is 23.8 Å². The van der Waals surface area contributed by atoms with Crippen LogP contribution in [0.3, 0.4) is 0 Å². The molecule has 0 radical (unpaired) electrons. The van der Waals surface area contributed by atoms with Crippen molar-refractivity contribution in [3.05, 3.63) is 66.0 Å². The van der Waals surface area contributed by atoms with E-state index in [9.17, 15) is 9.59 Å². The quantitative estimate of drug-likeness (QED) is 0.641. The molecule has 2 amide bonds. The van der Waals surface area contributed by atoms with E-state index in [0.29, 0.717) is 19.3 Å². The van der Waals surface area contributed by atoms with Crippen LogP contribution in [0.25, 0.3) is 0 Å². The molecule has 1 fully saturated rings. The van der Waals surface area contributed by atoms with Gasteiger partial charge in [-0.1, -0.05) is 50.2 Å². The molecule has 0 saturated heterocycles. The first kappa shape index (κ1) is 21.0. The number of carbonyl (C=O) groups excluding carboxylic acids is 2. The Kier molecular flexibility index (Phi) is 6.64. The highest BCUT2D eigenvalue weighted by Gasteiger charge is 2.46. The molecule has 0 unspecified atom stereocenters. The summed E-state index contributed by atoms with van der Waals surface area (Å²) in [4.78, 5) is 30.2. The number of rotatable bonds is 8. The van der Waals surface area contributed by atoms with Gasteiger partial charge in [-0.05, 0) is 42.9 Å². The van der Waals surface area contributed by atoms with Crippen LogP contribution in [0.2, 0.25) is 0 Å². The molecule has 4 N–H and O–H groups in total. The van der Waals surface area contributed by atoms with Gasteiger partial charge in [-0.3, -0.25) is 14.6 Å². The minimum Gasteiger partial charge on any atom is -0.347 e. The number of pyridine rings is 1. The number of carbonyl (C=O) groups is 2. The molecule has 0 aliphatic heterocycles. The molecule has 2 aromatic rings. The van der Waals surface area contributed by atoms with Crippen molar-refractivity contribution in [2.24, 2.45) is 11.7 Å². The van der Waals surface area contributed by atoms with Crippen molar-refractivity contribution in [1.29, 1.82) is 0 Å². The topological polar surface area (TPSA) is 97.1 Å². The molecule has 6 nitrogen and oxygen atoms in total. The number of amides is 2. The van der Waals surface area contributed by atoms with Crippen molar-refractivity contribution >= 4 is 11.8 Å². The van der Waals surface area contributed by atoms with E-state index >= 15 is 0 Å². The van der Waals surface area contributed by atoms with Crippen molar-refractivity contribution in [1.82, 2.24) is 15.6 Å². The summed E-state index contributed by atoms with van der Waals surface area (Å²) >= 11 is 0. The van der Waals surface area contributed by atoms with Crippen LogP contribution in [0.1, 0.15) is 50.4 Å². The second kappa shape index (κ2) is 9.18. The van der Waals surface area contributed by atoms with E-state index in [2.05, 4.69) is 15.6 Å². The fourth-order valence-corrected chi connectivity index (χ4v) is 3.52. The maximum Gasteiger partial charge on any atom is 0.246 e. The molecule has 1 aliphatic carbocycles. The lowest BCUT2D eigenvalue weighted by Gasteiger charge is -2.42. The molecule has 3 rings (SSSR count). The molecule has 6 heteroatoms. The van der Waals surface area contributed by atoms with Gasteiger partial charge in [-0.2, -0.15) is 0 Å². The maximum absolute atomic E-state index is 13.3. The predicted octanol–water partition coefficient (Wildman–Crippen LogP) is 2.50. The van der Waals surface area contributed by atoms with Crippen molar-refractivity contribution in [3.63, 3.8) is 0 Å². The van der Waals surface area contributed by atoms with Crippen LogP contribution >= 0.6 is 0 Å². The molecule has 1 aromatic heterocycles. The number of nitrogens with two attached hydrogens (primary N) is 1. The fourth-order valence-electron chi connectivity index (χ4n) is 3.52. The highest BCUT2D eigenvalue weighted by atomic mass is 16.2. The molecule has 2 atom stereocenters. The van der Waals surface area contributed by atoms with Crippen LogP contribution in [0.5, 0.6) is 0 Å². The van der Waals surface area contributed by atoms with Gasteiger partial charge in [0.05, 0.1) is 12.1 Å². The lowest BCUT2D eigenvalue weighted by molar-refractivity contribution is -0.138. The Labute approximate surface area is 172 Å². The Balaban J connectivity index is 1.77. The van der Waals surface area contributed by atoms with Crippen molar-refractivity contribution in [3.8, 4) is 0 Å². The first-order valence-electron chi connectivity index (χ1n) is 10.2. The lowest BCUT2D eigenvalue weighted by Crippen LogP contribution is -2.65. The zero-order chi connectivity index (χ0) is 20.9. The second-order valence-corrected chi connectivity index (χ2v) is 8.16. The van der Waals surface area contributed by atoms with Crippen LogP contribution in [0, 0.1) is 5.92 Å². The van der Waals surface area contributed by atoms with Crippen LogP contribution in [-0.4, -0.2) is 28.4 Å². The lowest BCUT2D eigenvalue weighted by atomic mass is 9.75. The fraction of sp³-hybridized carbons (Fsp3) is 0.435. The number of nitrogens with zero attached hydrogens (tertiary/aromatic N) is 1. The number of aromatic nitrogens is 1. The number of hydrogen-bond donors (Lipinski definition) is 3. The summed E-state index contributed by atoms with van der Waals surface area (Å²) in [6, 6.07) is 14.7. The summed E-state index contributed by atoms with van der Waals surface area (Å²) in [6.45, 7) is 3.80. The van der Waals surface area contributed by atoms with Gasteiger partial charge in [0.1, 0.15) is 5.54 Å². The molecule has 1 heterocycles. The first-order valence-corrected chi connectivity index (χ1v) is 10.2. The minimum absolute atomic E-state index is 0.0106. The van der Waals surface area contributed by atoms with Crippen LogP contribution in [0.15, 0.2) is 54.7 Å². The maximum atomic E-state index is 13.3. The van der Waals surface area contributed by atoms with Gasteiger partial charge >= 0.3 is 0 Å². The summed E-state index contributed by atoms with van der Waals surface area (Å²) in [6.07, 6.45) is 4.48. The first-order chi connectivity index (χ1) is 13.9. The van der Waals surface area contributed by atoms with Gasteiger partial charge in [0, 0.05) is 18.3 Å². The second-order valence-electron chi connectivity index (χ2n) is 8.16. The Morgan fingerprint density at radius 3 is 2.34 bits per heavy atom. The standard InChI is InChI=1S/C23H30N4O2/c1-16(2)20(24)21(28)27-23(12-8-13-23)22(29)26-19(17-9-4-3-5-10-17)15-18-11-6-7-14-25-18/h3-7,9-11,14,16,19-20H,8,12-13,15,24H2,1-2H3,(H,26,29)(H,27,28)/t19-,20-/m1/s1. The van der Waals surface area contributed by atoms with Gasteiger partial charge in [-0.15, -0.1) is 0 Å². The third-order valence-electron chi connectivity index (χ3n) is 5.67. The molecular weight excluding hydrogens is 364 g/mol. The summed E-state index contributed by atoms with van der Waals surface area (Å²) in [5.41, 5.74) is 7.02. The predicted molar refractivity (Wildman–Crippen MR) is 113 cm³/mol. The van der Waals surface area contributed by atoms with Gasteiger partial charge in [0.25, 0.3) is 0 Å². The van der Waals surface area contributed by atoms with Gasteiger partial charge < -0.3 is 16.4 Å². The zero-order valence-electron chi connectivity index (χ0n) is 17.1. The monoisotopic (exact) mass is 394 g/mol. The van der Waals surface area contributed by atoms with E-state index in [0.717, 1.165) is 17.7 Å². The minimum atomic E-state index is -0.874. The van der Waals surface area contributed by atoms with Crippen molar-refractivity contribution in [2.75, 3.05) is 0 Å². The molecule has 1 aromatic carbocycles. The van der Waals surface area contributed by atoms with Gasteiger partial charge in [0.15, 0.2) is 0 Å². The zero-order valence-corrected chi connectivity index (χ0v) is 17.1. The highest BCUT2D eigenvalue weighted by molar-refractivity contribution is 5.94. The molecule has 154 valence electrons. The average Bonchev–Trinajstić information content (AvgIpc) is 2.70. The molecule has 0 spiro atoms. The average molecular weight is 395 g/mol. The van der Waals surface area contributed by atoms with Crippen molar-refractivity contribution in [2.45, 2.75) is 57.2 Å². The van der Waals surface area contributed by atoms with Gasteiger partial charge in [0.2, 0.25) is 11.8 Å². The highest BCUT2D eigenvalue weighted by Crippen LogP contribution is 2.33. The number of hydrogen-bond acceptors (Lipinski definition) is 4. The van der Waals surface area contributed by atoms with Crippen LogP contribution in [-0.2, 0) is 16.0 Å². The molecule has 1 saturated carbocycles. The van der Waals surface area contributed by atoms with Crippen molar-refractivity contribution < 1.29 is 9.59 Å². The Hall–Kier alpha value is -2.73. The Morgan fingerprint density at radius 1 is 1.10 bits per heavy atom. The van der Waals surface area contributed by atoms with E-state index in [1.807, 2.05) is 62.4 Å². The molecule has 0 bridgehead atoms. The summed E-state index contributed by atoms with van der Waals surface area (Å²) in [5.74, 6) is -0.412. The normalized spacial score (nSPS) is 17.1. The number of nitrogens with one attached hydrogen (secondary N) is 2. The smallest absolute Gasteiger partial charge is 0.246 e. The Bertz CT molecular complexity index is 819. The summed E-state index contributed by atoms with van der Waals surface area (Å²) < 4.78 is 0. The van der Waals surface area contributed by atoms with E-state index in [1.165, 1.54) is 0 Å². The SMILES string of the molecule is CC(C)[C@@H](N)C(=O)NC1(C(=O)N[C@H](Cc2ccccn2)c2ccccc2)CCC1. The molecule has 1 aliphatic rings. The van der Waals surface area contributed by atoms with E-state index in [1.54, 1.807) is 6.20 Å². The summed E-state index contributed by atoms with van der Waals surface area (Å²) in [5, 5.41) is 6.10. The third kappa shape index (κ3) is 5.01. The van der Waals surface area contributed by atoms with Crippen LogP contribution in [0.4, 0.5) is 0 Å². The van der Waals surface area contributed by atoms with Crippen LogP contribution < -0.4 is 16.4 Å².